The quantitative estimate of drug-likeness (QED) is 0.318. The second-order valence-electron chi connectivity index (χ2n) is 8.91. The molecule has 1 amide bonds. The highest BCUT2D eigenvalue weighted by atomic mass is 19.4. The first kappa shape index (κ1) is 25.2. The lowest BCUT2D eigenvalue weighted by molar-refractivity contribution is -0.141. The van der Waals surface area contributed by atoms with Gasteiger partial charge >= 0.3 is 6.18 Å². The van der Waals surface area contributed by atoms with E-state index in [0.717, 1.165) is 5.56 Å². The van der Waals surface area contributed by atoms with Gasteiger partial charge in [0.25, 0.3) is 0 Å². The SMILES string of the molecule is O=C(Cc1ccc(N2CCN(Cc3ccccc3)C(=O)C2)nc1)c1oc(-c2ccccc2)nc1C(F)(F)F. The Morgan fingerprint density at radius 2 is 1.63 bits per heavy atom. The molecule has 1 aliphatic heterocycles. The summed E-state index contributed by atoms with van der Waals surface area (Å²) >= 11 is 0. The van der Waals surface area contributed by atoms with Gasteiger partial charge in [-0.15, -0.1) is 0 Å². The van der Waals surface area contributed by atoms with Crippen molar-refractivity contribution < 1.29 is 27.2 Å². The molecule has 0 aliphatic carbocycles. The van der Waals surface area contributed by atoms with Gasteiger partial charge < -0.3 is 14.2 Å². The van der Waals surface area contributed by atoms with Crippen LogP contribution < -0.4 is 4.90 Å². The van der Waals surface area contributed by atoms with Crippen LogP contribution in [0.15, 0.2) is 83.4 Å². The molecule has 3 heterocycles. The van der Waals surface area contributed by atoms with Gasteiger partial charge in [-0.05, 0) is 29.3 Å². The summed E-state index contributed by atoms with van der Waals surface area (Å²) in [4.78, 5) is 37.0. The Labute approximate surface area is 216 Å². The molecular formula is C28H23F3N4O3. The molecular weight excluding hydrogens is 497 g/mol. The van der Waals surface area contributed by atoms with Gasteiger partial charge in [0.2, 0.25) is 23.3 Å². The monoisotopic (exact) mass is 520 g/mol. The molecule has 0 spiro atoms. The lowest BCUT2D eigenvalue weighted by Crippen LogP contribution is -2.50. The molecule has 194 valence electrons. The highest BCUT2D eigenvalue weighted by molar-refractivity contribution is 5.96. The lowest BCUT2D eigenvalue weighted by atomic mass is 10.1. The highest BCUT2D eigenvalue weighted by Gasteiger charge is 2.41. The van der Waals surface area contributed by atoms with Crippen LogP contribution in [-0.4, -0.2) is 46.2 Å². The third kappa shape index (κ3) is 5.59. The number of nitrogens with zero attached hydrogens (tertiary/aromatic N) is 4. The molecule has 10 heteroatoms. The van der Waals surface area contributed by atoms with E-state index in [1.807, 2.05) is 35.2 Å². The van der Waals surface area contributed by atoms with Crippen molar-refractivity contribution in [1.29, 1.82) is 0 Å². The molecule has 4 aromatic rings. The van der Waals surface area contributed by atoms with E-state index in [9.17, 15) is 22.8 Å². The number of piperazine rings is 1. The summed E-state index contributed by atoms with van der Waals surface area (Å²) in [5.41, 5.74) is 0.454. The minimum absolute atomic E-state index is 0.0274. The molecule has 0 saturated carbocycles. The van der Waals surface area contributed by atoms with Crippen LogP contribution >= 0.6 is 0 Å². The minimum Gasteiger partial charge on any atom is -0.432 e. The van der Waals surface area contributed by atoms with Gasteiger partial charge in [0, 0.05) is 37.8 Å². The van der Waals surface area contributed by atoms with Crippen LogP contribution in [-0.2, 0) is 23.9 Å². The van der Waals surface area contributed by atoms with Crippen molar-refractivity contribution in [3.8, 4) is 11.5 Å². The molecule has 5 rings (SSSR count). The number of benzene rings is 2. The largest absolute Gasteiger partial charge is 0.437 e. The first-order chi connectivity index (χ1) is 18.3. The number of carbonyl (C=O) groups excluding carboxylic acids is 2. The van der Waals surface area contributed by atoms with E-state index < -0.39 is 23.4 Å². The molecule has 0 atom stereocenters. The van der Waals surface area contributed by atoms with Crippen LogP contribution in [0.25, 0.3) is 11.5 Å². The van der Waals surface area contributed by atoms with Gasteiger partial charge in [-0.3, -0.25) is 9.59 Å². The Morgan fingerprint density at radius 3 is 2.26 bits per heavy atom. The molecule has 0 radical (unpaired) electrons. The second kappa shape index (κ2) is 10.5. The Bertz CT molecular complexity index is 1420. The third-order valence-electron chi connectivity index (χ3n) is 6.20. The number of pyridine rings is 1. The van der Waals surface area contributed by atoms with Crippen molar-refractivity contribution in [2.24, 2.45) is 0 Å². The molecule has 2 aromatic carbocycles. The first-order valence-electron chi connectivity index (χ1n) is 12.0. The van der Waals surface area contributed by atoms with Crippen molar-refractivity contribution in [3.05, 3.63) is 102 Å². The summed E-state index contributed by atoms with van der Waals surface area (Å²) in [5, 5.41) is 0. The maximum absolute atomic E-state index is 13.6. The van der Waals surface area contributed by atoms with E-state index >= 15 is 0 Å². The van der Waals surface area contributed by atoms with E-state index in [1.54, 1.807) is 47.4 Å². The zero-order chi connectivity index (χ0) is 26.7. The first-order valence-corrected chi connectivity index (χ1v) is 12.0. The molecule has 0 unspecified atom stereocenters. The lowest BCUT2D eigenvalue weighted by Gasteiger charge is -2.35. The van der Waals surface area contributed by atoms with Gasteiger partial charge in [-0.1, -0.05) is 54.6 Å². The van der Waals surface area contributed by atoms with Gasteiger partial charge in [0.15, 0.2) is 5.69 Å². The molecule has 1 saturated heterocycles. The Hall–Kier alpha value is -4.47. The molecule has 38 heavy (non-hydrogen) atoms. The number of aromatic nitrogens is 2. The normalized spacial score (nSPS) is 14.1. The van der Waals surface area contributed by atoms with E-state index in [4.69, 9.17) is 4.42 Å². The van der Waals surface area contributed by atoms with Crippen LogP contribution in [0.3, 0.4) is 0 Å². The number of anilines is 1. The van der Waals surface area contributed by atoms with Gasteiger partial charge in [-0.2, -0.15) is 13.2 Å². The van der Waals surface area contributed by atoms with Crippen LogP contribution in [0, 0.1) is 0 Å². The third-order valence-corrected chi connectivity index (χ3v) is 6.20. The standard InChI is InChI=1S/C28H23F3N4O3/c29-28(30,31)26-25(38-27(33-26)21-9-5-2-6-10-21)22(36)15-20-11-12-23(32-16-20)34-13-14-35(24(37)18-34)17-19-7-3-1-4-8-19/h1-12,16H,13-15,17-18H2. The fourth-order valence-electron chi connectivity index (χ4n) is 4.25. The van der Waals surface area contributed by atoms with E-state index in [2.05, 4.69) is 9.97 Å². The van der Waals surface area contributed by atoms with Gasteiger partial charge in [0.1, 0.15) is 5.82 Å². The average Bonchev–Trinajstić information content (AvgIpc) is 3.38. The summed E-state index contributed by atoms with van der Waals surface area (Å²) in [6.45, 7) is 1.81. The number of alkyl halides is 3. The highest BCUT2D eigenvalue weighted by Crippen LogP contribution is 2.35. The van der Waals surface area contributed by atoms with E-state index in [-0.39, 0.29) is 24.8 Å². The molecule has 1 aliphatic rings. The topological polar surface area (TPSA) is 79.5 Å². The summed E-state index contributed by atoms with van der Waals surface area (Å²) in [5.74, 6) is -1.44. The molecule has 2 aromatic heterocycles. The number of halogens is 3. The summed E-state index contributed by atoms with van der Waals surface area (Å²) < 4.78 is 46.1. The van der Waals surface area contributed by atoms with Crippen molar-refractivity contribution in [2.45, 2.75) is 19.1 Å². The zero-order valence-electron chi connectivity index (χ0n) is 20.2. The summed E-state index contributed by atoms with van der Waals surface area (Å²) in [6, 6.07) is 21.1. The van der Waals surface area contributed by atoms with Crippen LogP contribution in [0.1, 0.15) is 27.4 Å². The summed E-state index contributed by atoms with van der Waals surface area (Å²) in [7, 11) is 0. The minimum atomic E-state index is -4.85. The van der Waals surface area contributed by atoms with Gasteiger partial charge in [-0.25, -0.2) is 9.97 Å². The molecule has 1 fully saturated rings. The van der Waals surface area contributed by atoms with Crippen molar-refractivity contribution in [1.82, 2.24) is 14.9 Å². The van der Waals surface area contributed by atoms with E-state index in [1.165, 1.54) is 6.20 Å². The predicted octanol–water partition coefficient (Wildman–Crippen LogP) is 5.03. The number of hydrogen-bond donors (Lipinski definition) is 0. The maximum atomic E-state index is 13.6. The number of carbonyl (C=O) groups is 2. The second-order valence-corrected chi connectivity index (χ2v) is 8.91. The van der Waals surface area contributed by atoms with Crippen molar-refractivity contribution in [2.75, 3.05) is 24.5 Å². The fourth-order valence-corrected chi connectivity index (χ4v) is 4.25. The molecule has 0 bridgehead atoms. The predicted molar refractivity (Wildman–Crippen MR) is 133 cm³/mol. The Kier molecular flexibility index (Phi) is 6.95. The number of Topliss-reactive ketones (excluding diaryl/α,β-unsaturated/α-hetero) is 1. The van der Waals surface area contributed by atoms with Crippen molar-refractivity contribution in [3.63, 3.8) is 0 Å². The van der Waals surface area contributed by atoms with Crippen LogP contribution in [0.5, 0.6) is 0 Å². The molecule has 0 N–H and O–H groups in total. The molecule has 7 nitrogen and oxygen atoms in total. The summed E-state index contributed by atoms with van der Waals surface area (Å²) in [6.07, 6.45) is -3.77. The number of ketones is 1. The number of rotatable bonds is 7. The van der Waals surface area contributed by atoms with Gasteiger partial charge in [0.05, 0.1) is 6.54 Å². The smallest absolute Gasteiger partial charge is 0.432 e. The maximum Gasteiger partial charge on any atom is 0.437 e. The Morgan fingerprint density at radius 1 is 0.921 bits per heavy atom. The number of hydrogen-bond acceptors (Lipinski definition) is 6. The van der Waals surface area contributed by atoms with Crippen LogP contribution in [0.2, 0.25) is 0 Å². The number of amides is 1. The number of oxazole rings is 1. The average molecular weight is 521 g/mol. The van der Waals surface area contributed by atoms with Crippen molar-refractivity contribution >= 4 is 17.5 Å². The van der Waals surface area contributed by atoms with E-state index in [0.29, 0.717) is 36.6 Å². The zero-order valence-corrected chi connectivity index (χ0v) is 20.2. The fraction of sp³-hybridized carbons (Fsp3) is 0.214. The Balaban J connectivity index is 1.25. The van der Waals surface area contributed by atoms with Crippen LogP contribution in [0.4, 0.5) is 19.0 Å².